The summed E-state index contributed by atoms with van der Waals surface area (Å²) in [4.78, 5) is 36.1. The maximum atomic E-state index is 13.7. The van der Waals surface area contributed by atoms with E-state index in [1.54, 1.807) is 6.92 Å². The molecule has 4 aliphatic carbocycles. The summed E-state index contributed by atoms with van der Waals surface area (Å²) in [5.74, 6) is -3.23. The van der Waals surface area contributed by atoms with Crippen molar-refractivity contribution in [3.05, 3.63) is 23.0 Å². The van der Waals surface area contributed by atoms with Gasteiger partial charge in [-0.1, -0.05) is 25.5 Å². The van der Waals surface area contributed by atoms with Gasteiger partial charge in [0.2, 0.25) is 5.76 Å². The third kappa shape index (κ3) is 3.93. The molecule has 0 radical (unpaired) electrons. The van der Waals surface area contributed by atoms with E-state index in [1.165, 1.54) is 12.5 Å². The first-order valence-electron chi connectivity index (χ1n) is 11.7. The van der Waals surface area contributed by atoms with E-state index < -0.39 is 29.1 Å². The molecule has 0 aromatic carbocycles. The van der Waals surface area contributed by atoms with Gasteiger partial charge in [-0.3, -0.25) is 14.4 Å². The second kappa shape index (κ2) is 7.98. The van der Waals surface area contributed by atoms with E-state index in [-0.39, 0.29) is 47.2 Å². The predicted octanol–water partition coefficient (Wildman–Crippen LogP) is 5.44. The van der Waals surface area contributed by atoms with Gasteiger partial charge in [0.05, 0.1) is 0 Å². The summed E-state index contributed by atoms with van der Waals surface area (Å²) >= 11 is 0. The summed E-state index contributed by atoms with van der Waals surface area (Å²) in [6.45, 7) is 6.32. The molecule has 33 heavy (non-hydrogen) atoms. The minimum Gasteiger partial charge on any atom is -0.462 e. The van der Waals surface area contributed by atoms with E-state index in [0.717, 1.165) is 26.2 Å². The number of halogens is 3. The van der Waals surface area contributed by atoms with Crippen LogP contribution in [0.2, 0.25) is 0 Å². The average Bonchev–Trinajstić information content (AvgIpc) is 2.96. The van der Waals surface area contributed by atoms with E-state index in [2.05, 4.69) is 17.7 Å². The largest absolute Gasteiger partial charge is 0.462 e. The van der Waals surface area contributed by atoms with Crippen LogP contribution in [0.1, 0.15) is 72.6 Å². The highest BCUT2D eigenvalue weighted by atomic mass is 19.4. The van der Waals surface area contributed by atoms with Crippen LogP contribution in [-0.2, 0) is 23.9 Å². The Morgan fingerprint density at radius 1 is 1.00 bits per heavy atom. The summed E-state index contributed by atoms with van der Waals surface area (Å²) in [5.41, 5.74) is -0.117. The molecule has 0 unspecified atom stereocenters. The van der Waals surface area contributed by atoms with Crippen LogP contribution < -0.4 is 0 Å². The third-order valence-corrected chi connectivity index (χ3v) is 8.78. The molecule has 4 rings (SSSR count). The summed E-state index contributed by atoms with van der Waals surface area (Å²) < 4.78 is 51.1. The Balaban J connectivity index is 1.67. The Kier molecular flexibility index (Phi) is 5.81. The van der Waals surface area contributed by atoms with Crippen molar-refractivity contribution in [1.82, 2.24) is 0 Å². The normalized spacial score (nSPS) is 39.6. The molecule has 4 aliphatic rings. The van der Waals surface area contributed by atoms with Crippen LogP contribution in [0.15, 0.2) is 23.0 Å². The molecule has 5 nitrogen and oxygen atoms in total. The zero-order chi connectivity index (χ0) is 24.3. The minimum atomic E-state index is -4.90. The summed E-state index contributed by atoms with van der Waals surface area (Å²) in [5, 5.41) is 0. The molecule has 0 aliphatic heterocycles. The molecule has 0 saturated heterocycles. The Hall–Kier alpha value is -2.12. The van der Waals surface area contributed by atoms with Gasteiger partial charge in [-0.05, 0) is 61.7 Å². The molecule has 0 aromatic heterocycles. The number of Topliss-reactive ketones (excluding diaryl/α,β-unsaturated/α-hetero) is 1. The van der Waals surface area contributed by atoms with Crippen molar-refractivity contribution in [3.8, 4) is 0 Å². The Morgan fingerprint density at radius 2 is 1.67 bits per heavy atom. The monoisotopic (exact) mass is 468 g/mol. The summed E-state index contributed by atoms with van der Waals surface area (Å²) in [6.07, 6.45) is 1.38. The Labute approximate surface area is 191 Å². The molecule has 0 aromatic rings. The lowest BCUT2D eigenvalue weighted by molar-refractivity contribution is -0.159. The average molecular weight is 469 g/mol. The summed E-state index contributed by atoms with van der Waals surface area (Å²) in [6, 6.07) is 0. The number of fused-ring (bicyclic) bond motifs is 5. The second-order valence-corrected chi connectivity index (χ2v) is 10.6. The first-order valence-corrected chi connectivity index (χ1v) is 11.7. The molecule has 3 fully saturated rings. The second-order valence-electron chi connectivity index (χ2n) is 10.6. The van der Waals surface area contributed by atoms with Gasteiger partial charge >= 0.3 is 18.1 Å². The first kappa shape index (κ1) is 24.0. The number of ketones is 1. The van der Waals surface area contributed by atoms with Crippen molar-refractivity contribution >= 4 is 17.7 Å². The fourth-order valence-corrected chi connectivity index (χ4v) is 7.23. The smallest absolute Gasteiger partial charge is 0.450 e. The molecular weight excluding hydrogens is 437 g/mol. The molecule has 0 spiro atoms. The van der Waals surface area contributed by atoms with Crippen LogP contribution >= 0.6 is 0 Å². The third-order valence-electron chi connectivity index (χ3n) is 8.78. The van der Waals surface area contributed by atoms with Crippen LogP contribution in [0.3, 0.4) is 0 Å². The number of rotatable bonds is 2. The molecule has 0 N–H and O–H groups in total. The molecule has 0 amide bonds. The van der Waals surface area contributed by atoms with Crippen molar-refractivity contribution in [2.45, 2.75) is 84.9 Å². The van der Waals surface area contributed by atoms with Crippen molar-refractivity contribution in [2.24, 2.45) is 28.6 Å². The number of alkyl halides is 3. The maximum Gasteiger partial charge on any atom is 0.450 e. The molecule has 0 heterocycles. The Bertz CT molecular complexity index is 948. The standard InChI is InChI=1S/C25H31F3O5/c1-13(29)32-16-7-9-23(3)15(11-16)5-6-17-19(23)8-10-24(4)20(17)12-18(21(24)31)22(25(26,27)28)33-14(2)30/h5,16-17,19-20H,6-12H2,1-4H3/b22-18+/t16-,17-,19+,20+,23-,24+/m0/s1. The molecule has 0 bridgehead atoms. The van der Waals surface area contributed by atoms with Gasteiger partial charge in [-0.15, -0.1) is 0 Å². The van der Waals surface area contributed by atoms with Gasteiger partial charge in [0.25, 0.3) is 0 Å². The molecule has 8 heteroatoms. The lowest BCUT2D eigenvalue weighted by Crippen LogP contribution is -2.50. The van der Waals surface area contributed by atoms with Gasteiger partial charge in [0.1, 0.15) is 6.10 Å². The number of carbonyl (C=O) groups is 3. The highest BCUT2D eigenvalue weighted by molar-refractivity contribution is 6.03. The lowest BCUT2D eigenvalue weighted by atomic mass is 9.48. The van der Waals surface area contributed by atoms with Gasteiger partial charge in [-0.2, -0.15) is 13.2 Å². The first-order chi connectivity index (χ1) is 15.3. The number of hydrogen-bond donors (Lipinski definition) is 0. The lowest BCUT2D eigenvalue weighted by Gasteiger charge is -2.56. The van der Waals surface area contributed by atoms with Gasteiger partial charge in [0, 0.05) is 31.3 Å². The summed E-state index contributed by atoms with van der Waals surface area (Å²) in [7, 11) is 0. The number of ether oxygens (including phenoxy) is 2. The predicted molar refractivity (Wildman–Crippen MR) is 112 cm³/mol. The molecule has 182 valence electrons. The van der Waals surface area contributed by atoms with Crippen LogP contribution in [0.25, 0.3) is 0 Å². The van der Waals surface area contributed by atoms with E-state index >= 15 is 0 Å². The van der Waals surface area contributed by atoms with E-state index in [9.17, 15) is 27.6 Å². The maximum absolute atomic E-state index is 13.7. The molecule has 6 atom stereocenters. The molecule has 3 saturated carbocycles. The minimum absolute atomic E-state index is 0.0199. The number of hydrogen-bond acceptors (Lipinski definition) is 5. The zero-order valence-electron chi connectivity index (χ0n) is 19.5. The van der Waals surface area contributed by atoms with Crippen LogP contribution in [0.5, 0.6) is 0 Å². The number of esters is 2. The van der Waals surface area contributed by atoms with E-state index in [0.29, 0.717) is 19.3 Å². The van der Waals surface area contributed by atoms with Crippen molar-refractivity contribution in [1.29, 1.82) is 0 Å². The van der Waals surface area contributed by atoms with Crippen molar-refractivity contribution < 1.29 is 37.0 Å². The van der Waals surface area contributed by atoms with Crippen molar-refractivity contribution in [3.63, 3.8) is 0 Å². The highest BCUT2D eigenvalue weighted by Gasteiger charge is 2.61. The van der Waals surface area contributed by atoms with Crippen molar-refractivity contribution in [2.75, 3.05) is 0 Å². The topological polar surface area (TPSA) is 69.7 Å². The Morgan fingerprint density at radius 3 is 2.27 bits per heavy atom. The van der Waals surface area contributed by atoms with Crippen LogP contribution in [-0.4, -0.2) is 30.0 Å². The van der Waals surface area contributed by atoms with Crippen LogP contribution in [0.4, 0.5) is 13.2 Å². The van der Waals surface area contributed by atoms with Crippen LogP contribution in [0, 0.1) is 28.6 Å². The SMILES string of the molecule is CC(=O)O/C(=C1\C[C@@H]2[C@H]3CC=C4C[C@@H](OC(C)=O)CC[C@]4(C)[C@@H]3CC[C@@]2(C)C1=O)C(F)(F)F. The van der Waals surface area contributed by atoms with E-state index in [4.69, 9.17) is 4.74 Å². The zero-order valence-corrected chi connectivity index (χ0v) is 19.5. The van der Waals surface area contributed by atoms with Gasteiger partial charge < -0.3 is 9.47 Å². The molecular formula is C25H31F3O5. The van der Waals surface area contributed by atoms with Gasteiger partial charge in [0.15, 0.2) is 5.78 Å². The quantitative estimate of drug-likeness (QED) is 0.234. The number of carbonyl (C=O) groups excluding carboxylic acids is 3. The fourth-order valence-electron chi connectivity index (χ4n) is 7.23. The fraction of sp³-hybridized carbons (Fsp3) is 0.720. The van der Waals surface area contributed by atoms with E-state index in [1.807, 2.05) is 0 Å². The highest BCUT2D eigenvalue weighted by Crippen LogP contribution is 2.65. The number of allylic oxidation sites excluding steroid dienone is 3. The van der Waals surface area contributed by atoms with Gasteiger partial charge in [-0.25, -0.2) is 0 Å².